The standard InChI is InChI=1S/C15H15N3O4/c1-11-13(18(21)22)7-8-15(20)17(11)10-14(19)16-9-12-5-3-2-4-6-12/h2-8H,9-10H2,1H3,(H,16,19). The molecular weight excluding hydrogens is 286 g/mol. The van der Waals surface area contributed by atoms with Crippen molar-refractivity contribution in [2.45, 2.75) is 20.0 Å². The number of aromatic nitrogens is 1. The van der Waals surface area contributed by atoms with Crippen molar-refractivity contribution in [1.82, 2.24) is 9.88 Å². The highest BCUT2D eigenvalue weighted by Gasteiger charge is 2.16. The molecule has 0 aliphatic carbocycles. The molecule has 22 heavy (non-hydrogen) atoms. The van der Waals surface area contributed by atoms with Crippen LogP contribution in [0.15, 0.2) is 47.3 Å². The molecule has 0 saturated carbocycles. The van der Waals surface area contributed by atoms with E-state index in [2.05, 4.69) is 5.32 Å². The summed E-state index contributed by atoms with van der Waals surface area (Å²) in [7, 11) is 0. The van der Waals surface area contributed by atoms with E-state index in [4.69, 9.17) is 0 Å². The zero-order chi connectivity index (χ0) is 16.1. The summed E-state index contributed by atoms with van der Waals surface area (Å²) in [5.74, 6) is -0.380. The molecule has 1 aromatic carbocycles. The number of rotatable bonds is 5. The number of carbonyl (C=O) groups excluding carboxylic acids is 1. The summed E-state index contributed by atoms with van der Waals surface area (Å²) in [4.78, 5) is 34.0. The zero-order valence-electron chi connectivity index (χ0n) is 12.0. The van der Waals surface area contributed by atoms with Crippen molar-refractivity contribution in [3.63, 3.8) is 0 Å². The molecule has 0 unspecified atom stereocenters. The zero-order valence-corrected chi connectivity index (χ0v) is 12.0. The monoisotopic (exact) mass is 301 g/mol. The van der Waals surface area contributed by atoms with Crippen molar-refractivity contribution >= 4 is 11.6 Å². The van der Waals surface area contributed by atoms with Crippen molar-refractivity contribution in [3.05, 3.63) is 74.2 Å². The average Bonchev–Trinajstić information content (AvgIpc) is 2.50. The second kappa shape index (κ2) is 6.66. The summed E-state index contributed by atoms with van der Waals surface area (Å²) in [6.07, 6.45) is 0. The Kier molecular flexibility index (Phi) is 4.67. The van der Waals surface area contributed by atoms with Gasteiger partial charge in [0.2, 0.25) is 5.91 Å². The van der Waals surface area contributed by atoms with Crippen LogP contribution in [0.2, 0.25) is 0 Å². The van der Waals surface area contributed by atoms with Crippen LogP contribution < -0.4 is 10.9 Å². The Bertz CT molecular complexity index is 753. The molecule has 0 bridgehead atoms. The number of hydrogen-bond donors (Lipinski definition) is 1. The Morgan fingerprint density at radius 1 is 1.23 bits per heavy atom. The predicted octanol–water partition coefficient (Wildman–Crippen LogP) is 1.38. The van der Waals surface area contributed by atoms with Crippen LogP contribution in [0.25, 0.3) is 0 Å². The number of pyridine rings is 1. The third kappa shape index (κ3) is 3.57. The van der Waals surface area contributed by atoms with Crippen molar-refractivity contribution in [3.8, 4) is 0 Å². The van der Waals surface area contributed by atoms with Crippen LogP contribution in [0.5, 0.6) is 0 Å². The molecule has 1 heterocycles. The maximum atomic E-state index is 11.9. The van der Waals surface area contributed by atoms with Crippen molar-refractivity contribution in [2.75, 3.05) is 0 Å². The minimum atomic E-state index is -0.576. The number of hydrogen-bond acceptors (Lipinski definition) is 4. The van der Waals surface area contributed by atoms with Crippen LogP contribution in [0, 0.1) is 17.0 Å². The smallest absolute Gasteiger partial charge is 0.288 e. The van der Waals surface area contributed by atoms with E-state index in [1.165, 1.54) is 6.92 Å². The molecule has 0 saturated heterocycles. The van der Waals surface area contributed by atoms with Gasteiger partial charge in [-0.25, -0.2) is 0 Å². The summed E-state index contributed by atoms with van der Waals surface area (Å²) >= 11 is 0. The Morgan fingerprint density at radius 2 is 1.91 bits per heavy atom. The first-order valence-electron chi connectivity index (χ1n) is 6.64. The molecule has 0 aliphatic heterocycles. The summed E-state index contributed by atoms with van der Waals surface area (Å²) in [5, 5.41) is 13.6. The normalized spacial score (nSPS) is 10.2. The van der Waals surface area contributed by atoms with Gasteiger partial charge >= 0.3 is 0 Å². The molecule has 0 atom stereocenters. The Morgan fingerprint density at radius 3 is 2.55 bits per heavy atom. The van der Waals surface area contributed by atoms with Gasteiger partial charge in [-0.1, -0.05) is 30.3 Å². The fraction of sp³-hybridized carbons (Fsp3) is 0.200. The average molecular weight is 301 g/mol. The lowest BCUT2D eigenvalue weighted by molar-refractivity contribution is -0.386. The van der Waals surface area contributed by atoms with Gasteiger partial charge in [0.15, 0.2) is 0 Å². The van der Waals surface area contributed by atoms with Crippen molar-refractivity contribution < 1.29 is 9.72 Å². The van der Waals surface area contributed by atoms with Crippen molar-refractivity contribution in [1.29, 1.82) is 0 Å². The first-order valence-corrected chi connectivity index (χ1v) is 6.64. The third-order valence-electron chi connectivity index (χ3n) is 3.26. The predicted molar refractivity (Wildman–Crippen MR) is 80.4 cm³/mol. The second-order valence-electron chi connectivity index (χ2n) is 4.75. The van der Waals surface area contributed by atoms with Crippen LogP contribution in [0.3, 0.4) is 0 Å². The van der Waals surface area contributed by atoms with Crippen LogP contribution in [-0.4, -0.2) is 15.4 Å². The molecule has 0 radical (unpaired) electrons. The molecule has 7 heteroatoms. The number of amides is 1. The number of nitrogens with zero attached hydrogens (tertiary/aromatic N) is 2. The Balaban J connectivity index is 2.10. The van der Waals surface area contributed by atoms with E-state index in [0.717, 1.165) is 22.3 Å². The second-order valence-corrected chi connectivity index (χ2v) is 4.75. The van der Waals surface area contributed by atoms with Crippen LogP contribution in [0.1, 0.15) is 11.3 Å². The van der Waals surface area contributed by atoms with Crippen molar-refractivity contribution in [2.24, 2.45) is 0 Å². The highest BCUT2D eigenvalue weighted by atomic mass is 16.6. The number of carbonyl (C=O) groups is 1. The lowest BCUT2D eigenvalue weighted by atomic mass is 10.2. The van der Waals surface area contributed by atoms with E-state index in [9.17, 15) is 19.7 Å². The molecule has 2 aromatic rings. The maximum Gasteiger partial charge on any atom is 0.288 e. The fourth-order valence-electron chi connectivity index (χ4n) is 2.05. The molecule has 114 valence electrons. The molecule has 0 spiro atoms. The molecule has 7 nitrogen and oxygen atoms in total. The molecule has 1 aromatic heterocycles. The molecule has 0 fully saturated rings. The lowest BCUT2D eigenvalue weighted by Crippen LogP contribution is -2.33. The van der Waals surface area contributed by atoms with Gasteiger partial charge in [0.1, 0.15) is 6.54 Å². The van der Waals surface area contributed by atoms with Gasteiger partial charge in [0, 0.05) is 18.7 Å². The van der Waals surface area contributed by atoms with Gasteiger partial charge in [-0.2, -0.15) is 0 Å². The first-order chi connectivity index (χ1) is 10.5. The molecule has 2 rings (SSSR count). The van der Waals surface area contributed by atoms with E-state index in [1.807, 2.05) is 30.3 Å². The topological polar surface area (TPSA) is 94.2 Å². The highest BCUT2D eigenvalue weighted by Crippen LogP contribution is 2.14. The summed E-state index contributed by atoms with van der Waals surface area (Å²) in [6.45, 7) is 1.53. The number of nitrogens with one attached hydrogen (secondary N) is 1. The first kappa shape index (κ1) is 15.4. The molecule has 1 amide bonds. The van der Waals surface area contributed by atoms with Crippen LogP contribution in [0.4, 0.5) is 5.69 Å². The maximum absolute atomic E-state index is 11.9. The van der Waals surface area contributed by atoms with Gasteiger partial charge in [-0.05, 0) is 12.5 Å². The summed E-state index contributed by atoms with van der Waals surface area (Å²) in [6, 6.07) is 11.6. The number of nitro groups is 1. The van der Waals surface area contributed by atoms with E-state index < -0.39 is 10.5 Å². The third-order valence-corrected chi connectivity index (χ3v) is 3.26. The van der Waals surface area contributed by atoms with Gasteiger partial charge in [0.25, 0.3) is 11.2 Å². The van der Waals surface area contributed by atoms with Gasteiger partial charge in [0.05, 0.1) is 10.6 Å². The van der Waals surface area contributed by atoms with E-state index >= 15 is 0 Å². The van der Waals surface area contributed by atoms with E-state index in [-0.39, 0.29) is 23.8 Å². The molecular formula is C15H15N3O4. The van der Waals surface area contributed by atoms with Crippen LogP contribution in [-0.2, 0) is 17.9 Å². The van der Waals surface area contributed by atoms with Crippen LogP contribution >= 0.6 is 0 Å². The largest absolute Gasteiger partial charge is 0.350 e. The Hall–Kier alpha value is -2.96. The minimum Gasteiger partial charge on any atom is -0.350 e. The van der Waals surface area contributed by atoms with Gasteiger partial charge < -0.3 is 5.32 Å². The van der Waals surface area contributed by atoms with E-state index in [1.54, 1.807) is 0 Å². The summed E-state index contributed by atoms with van der Waals surface area (Å²) in [5.41, 5.74) is 0.458. The fourth-order valence-corrected chi connectivity index (χ4v) is 2.05. The van der Waals surface area contributed by atoms with Gasteiger partial charge in [-0.3, -0.25) is 24.3 Å². The highest BCUT2D eigenvalue weighted by molar-refractivity contribution is 5.75. The lowest BCUT2D eigenvalue weighted by Gasteiger charge is -2.10. The van der Waals surface area contributed by atoms with E-state index in [0.29, 0.717) is 6.54 Å². The quantitative estimate of drug-likeness (QED) is 0.667. The van der Waals surface area contributed by atoms with Gasteiger partial charge in [-0.15, -0.1) is 0 Å². The molecule has 0 aliphatic rings. The SMILES string of the molecule is Cc1c([N+](=O)[O-])ccc(=O)n1CC(=O)NCc1ccccc1. The number of benzene rings is 1. The Labute approximate surface area is 126 Å². The minimum absolute atomic E-state index is 0.160. The molecule has 1 N–H and O–H groups in total. The summed E-state index contributed by atoms with van der Waals surface area (Å²) < 4.78 is 1.10.